The van der Waals surface area contributed by atoms with Gasteiger partial charge in [-0.2, -0.15) is 0 Å². The lowest BCUT2D eigenvalue weighted by atomic mass is 9.71. The summed E-state index contributed by atoms with van der Waals surface area (Å²) in [6.07, 6.45) is 8.61. The van der Waals surface area contributed by atoms with Crippen LogP contribution in [0.4, 0.5) is 0 Å². The van der Waals surface area contributed by atoms with Crippen molar-refractivity contribution in [3.8, 4) is 0 Å². The van der Waals surface area contributed by atoms with Crippen LogP contribution in [-0.2, 0) is 14.3 Å². The molecule has 2 N–H and O–H groups in total. The standard InChI is InChI=1S/C31H45NO5/c1-7-8-15-25-29(35)22(3)13-11-12-21(2)16-17-26(23(4)19-24-14-9-10-18-32-24)37-28(34)20-27(33)31(5,6)30(25)36/h7,9-10,14,16,18-19,22,25-27,29,33,35H,1,8,11-13,15,17,20H2,2-6H3/b21-16-,23-19+/t22-,25-,26+,27-,29+/m1/s1. The van der Waals surface area contributed by atoms with Gasteiger partial charge in [0.2, 0.25) is 0 Å². The van der Waals surface area contributed by atoms with E-state index in [0.717, 1.165) is 30.5 Å². The van der Waals surface area contributed by atoms with Crippen molar-refractivity contribution in [3.63, 3.8) is 0 Å². The molecule has 0 bridgehead atoms. The van der Waals surface area contributed by atoms with Gasteiger partial charge in [-0.05, 0) is 75.7 Å². The van der Waals surface area contributed by atoms with Crippen molar-refractivity contribution < 1.29 is 24.5 Å². The first kappa shape index (κ1) is 30.7. The Kier molecular flexibility index (Phi) is 11.9. The quantitative estimate of drug-likeness (QED) is 0.381. The molecule has 1 aliphatic rings. The maximum Gasteiger partial charge on any atom is 0.309 e. The molecule has 37 heavy (non-hydrogen) atoms. The van der Waals surface area contributed by atoms with Gasteiger partial charge in [-0.1, -0.05) is 44.6 Å². The molecule has 2 heterocycles. The first-order valence-electron chi connectivity index (χ1n) is 13.4. The largest absolute Gasteiger partial charge is 0.457 e. The third-order valence-electron chi connectivity index (χ3n) is 7.60. The van der Waals surface area contributed by atoms with Gasteiger partial charge < -0.3 is 14.9 Å². The van der Waals surface area contributed by atoms with Crippen LogP contribution in [0, 0.1) is 17.3 Å². The summed E-state index contributed by atoms with van der Waals surface area (Å²) in [7, 11) is 0. The molecule has 0 spiro atoms. The predicted molar refractivity (Wildman–Crippen MR) is 147 cm³/mol. The van der Waals surface area contributed by atoms with Crippen molar-refractivity contribution in [1.82, 2.24) is 4.98 Å². The van der Waals surface area contributed by atoms with Gasteiger partial charge in [0.05, 0.1) is 29.7 Å². The van der Waals surface area contributed by atoms with Crippen molar-refractivity contribution in [3.05, 3.63) is 60.0 Å². The number of pyridine rings is 1. The van der Waals surface area contributed by atoms with Crippen LogP contribution < -0.4 is 0 Å². The van der Waals surface area contributed by atoms with Crippen LogP contribution in [-0.4, -0.2) is 45.3 Å². The monoisotopic (exact) mass is 511 g/mol. The highest BCUT2D eigenvalue weighted by Crippen LogP contribution is 2.34. The summed E-state index contributed by atoms with van der Waals surface area (Å²) in [5, 5.41) is 22.2. The average Bonchev–Trinajstić information content (AvgIpc) is 2.86. The lowest BCUT2D eigenvalue weighted by molar-refractivity contribution is -0.154. The summed E-state index contributed by atoms with van der Waals surface area (Å²) in [5.41, 5.74) is 1.57. The molecule has 2 rings (SSSR count). The number of carbonyl (C=O) groups is 2. The van der Waals surface area contributed by atoms with Crippen molar-refractivity contribution >= 4 is 17.8 Å². The summed E-state index contributed by atoms with van der Waals surface area (Å²) in [6, 6.07) is 5.63. The van der Waals surface area contributed by atoms with Crippen LogP contribution in [0.25, 0.3) is 6.08 Å². The molecule has 0 radical (unpaired) electrons. The van der Waals surface area contributed by atoms with E-state index >= 15 is 0 Å². The summed E-state index contributed by atoms with van der Waals surface area (Å²) in [6.45, 7) is 13.0. The van der Waals surface area contributed by atoms with Crippen LogP contribution in [0.5, 0.6) is 0 Å². The number of Topliss-reactive ketones (excluding diaryl/α,β-unsaturated/α-hetero) is 1. The lowest BCUT2D eigenvalue weighted by Gasteiger charge is -2.36. The Morgan fingerprint density at radius 1 is 1.27 bits per heavy atom. The van der Waals surface area contributed by atoms with Crippen LogP contribution >= 0.6 is 0 Å². The molecule has 0 saturated heterocycles. The van der Waals surface area contributed by atoms with E-state index in [9.17, 15) is 19.8 Å². The Hall–Kier alpha value is -2.57. The summed E-state index contributed by atoms with van der Waals surface area (Å²) >= 11 is 0. The minimum Gasteiger partial charge on any atom is -0.457 e. The van der Waals surface area contributed by atoms with Crippen molar-refractivity contribution in [2.45, 2.75) is 97.9 Å². The normalized spacial score (nSPS) is 30.2. The topological polar surface area (TPSA) is 96.7 Å². The molecule has 1 aromatic heterocycles. The molecule has 0 aliphatic carbocycles. The van der Waals surface area contributed by atoms with Crippen LogP contribution in [0.3, 0.4) is 0 Å². The third kappa shape index (κ3) is 9.04. The van der Waals surface area contributed by atoms with Gasteiger partial charge in [-0.25, -0.2) is 0 Å². The lowest BCUT2D eigenvalue weighted by Crippen LogP contribution is -2.46. The molecule has 0 saturated carbocycles. The van der Waals surface area contributed by atoms with Crippen LogP contribution in [0.2, 0.25) is 0 Å². The smallest absolute Gasteiger partial charge is 0.309 e. The number of carbonyl (C=O) groups excluding carboxylic acids is 2. The Bertz CT molecular complexity index is 965. The van der Waals surface area contributed by atoms with E-state index in [1.165, 1.54) is 5.57 Å². The van der Waals surface area contributed by atoms with E-state index in [1.807, 2.05) is 38.1 Å². The van der Waals surface area contributed by atoms with Gasteiger partial charge in [-0.15, -0.1) is 6.58 Å². The molecule has 0 unspecified atom stereocenters. The number of rotatable bonds is 5. The van der Waals surface area contributed by atoms with E-state index in [1.54, 1.807) is 26.1 Å². The number of cyclic esters (lactones) is 1. The summed E-state index contributed by atoms with van der Waals surface area (Å²) in [4.78, 5) is 31.0. The van der Waals surface area contributed by atoms with Gasteiger partial charge in [0, 0.05) is 18.5 Å². The third-order valence-corrected chi connectivity index (χ3v) is 7.60. The second-order valence-electron chi connectivity index (χ2n) is 11.0. The molecular formula is C31H45NO5. The number of ether oxygens (including phenoxy) is 1. The molecular weight excluding hydrogens is 466 g/mol. The minimum atomic E-state index is -1.24. The number of aliphatic hydroxyl groups is 2. The fourth-order valence-corrected chi connectivity index (χ4v) is 4.81. The second kappa shape index (κ2) is 14.4. The van der Waals surface area contributed by atoms with E-state index < -0.39 is 35.6 Å². The van der Waals surface area contributed by atoms with Gasteiger partial charge in [0.25, 0.3) is 0 Å². The highest BCUT2D eigenvalue weighted by atomic mass is 16.5. The van der Waals surface area contributed by atoms with E-state index in [0.29, 0.717) is 19.3 Å². The van der Waals surface area contributed by atoms with Gasteiger partial charge >= 0.3 is 5.97 Å². The molecule has 204 valence electrons. The zero-order valence-electron chi connectivity index (χ0n) is 23.2. The highest BCUT2D eigenvalue weighted by Gasteiger charge is 2.43. The maximum atomic E-state index is 13.6. The number of nitrogens with zero attached hydrogens (tertiary/aromatic N) is 1. The van der Waals surface area contributed by atoms with Gasteiger partial charge in [0.15, 0.2) is 0 Å². The maximum absolute atomic E-state index is 13.6. The van der Waals surface area contributed by atoms with Crippen molar-refractivity contribution in [2.75, 3.05) is 0 Å². The first-order valence-corrected chi connectivity index (χ1v) is 13.4. The number of hydrogen-bond donors (Lipinski definition) is 2. The Balaban J connectivity index is 2.37. The zero-order valence-corrected chi connectivity index (χ0v) is 23.2. The first-order chi connectivity index (χ1) is 17.5. The zero-order chi connectivity index (χ0) is 27.6. The number of hydrogen-bond acceptors (Lipinski definition) is 6. The fraction of sp³-hybridized carbons (Fsp3) is 0.581. The van der Waals surface area contributed by atoms with Crippen molar-refractivity contribution in [1.29, 1.82) is 0 Å². The number of esters is 1. The molecule has 1 aliphatic heterocycles. The molecule has 0 fully saturated rings. The highest BCUT2D eigenvalue weighted by molar-refractivity contribution is 5.88. The molecule has 1 aromatic rings. The van der Waals surface area contributed by atoms with Gasteiger partial charge in [0.1, 0.15) is 11.9 Å². The predicted octanol–water partition coefficient (Wildman–Crippen LogP) is 5.84. The van der Waals surface area contributed by atoms with Crippen molar-refractivity contribution in [2.24, 2.45) is 17.3 Å². The molecule has 6 nitrogen and oxygen atoms in total. The summed E-state index contributed by atoms with van der Waals surface area (Å²) in [5.74, 6) is -1.52. The number of ketones is 1. The molecule has 0 amide bonds. The Labute approximate surface area is 222 Å². The number of aliphatic hydroxyl groups excluding tert-OH is 2. The van der Waals surface area contributed by atoms with E-state index in [-0.39, 0.29) is 18.1 Å². The summed E-state index contributed by atoms with van der Waals surface area (Å²) < 4.78 is 5.85. The van der Waals surface area contributed by atoms with Gasteiger partial charge in [-0.3, -0.25) is 14.6 Å². The van der Waals surface area contributed by atoms with Crippen LogP contribution in [0.1, 0.15) is 85.3 Å². The minimum absolute atomic E-state index is 0.0753. The molecule has 5 atom stereocenters. The second-order valence-corrected chi connectivity index (χ2v) is 11.0. The average molecular weight is 512 g/mol. The number of aromatic nitrogens is 1. The SMILES string of the molecule is C=CCC[C@H]1C(=O)C(C)(C)[C@H](O)CC(=O)O[C@H](/C(C)=C/c2ccccn2)C/C=C(/C)CCC[C@@H](C)[C@@H]1O. The fourth-order valence-electron chi connectivity index (χ4n) is 4.81. The molecule has 6 heteroatoms. The molecule has 0 aromatic carbocycles. The van der Waals surface area contributed by atoms with Crippen LogP contribution in [0.15, 0.2) is 54.3 Å². The van der Waals surface area contributed by atoms with E-state index in [4.69, 9.17) is 4.74 Å². The Morgan fingerprint density at radius 3 is 2.65 bits per heavy atom. The Morgan fingerprint density at radius 2 is 2.00 bits per heavy atom. The number of allylic oxidation sites excluding steroid dienone is 2. The van der Waals surface area contributed by atoms with E-state index in [2.05, 4.69) is 24.6 Å².